The first-order valence-electron chi connectivity index (χ1n) is 6.46. The lowest BCUT2D eigenvalue weighted by Crippen LogP contribution is -2.33. The molecule has 0 radical (unpaired) electrons. The summed E-state index contributed by atoms with van der Waals surface area (Å²) in [5, 5.41) is 2.61. The van der Waals surface area contributed by atoms with Crippen LogP contribution < -0.4 is 5.32 Å². The number of amides is 3. The summed E-state index contributed by atoms with van der Waals surface area (Å²) in [7, 11) is 0. The van der Waals surface area contributed by atoms with E-state index in [9.17, 15) is 14.4 Å². The third kappa shape index (κ3) is 2.96. The predicted octanol–water partition coefficient (Wildman–Crippen LogP) is 1.23. The maximum absolute atomic E-state index is 12.2. The summed E-state index contributed by atoms with van der Waals surface area (Å²) in [4.78, 5) is 36.3. The molecule has 1 atom stereocenters. The average Bonchev–Trinajstić information content (AvgIpc) is 2.73. The summed E-state index contributed by atoms with van der Waals surface area (Å²) < 4.78 is 4.78. The van der Waals surface area contributed by atoms with Crippen LogP contribution in [0.5, 0.6) is 0 Å². The van der Waals surface area contributed by atoms with Gasteiger partial charge < -0.3 is 10.1 Å². The number of hydrogen-bond donors (Lipinski definition) is 1. The van der Waals surface area contributed by atoms with Crippen molar-refractivity contribution in [3.05, 3.63) is 35.9 Å². The second kappa shape index (κ2) is 6.18. The zero-order valence-electron chi connectivity index (χ0n) is 11.2. The number of rotatable bonds is 5. The molecule has 2 rings (SSSR count). The minimum atomic E-state index is -0.675. The number of urea groups is 1. The third-order valence-corrected chi connectivity index (χ3v) is 3.00. The van der Waals surface area contributed by atoms with Crippen molar-refractivity contribution in [2.45, 2.75) is 19.4 Å². The van der Waals surface area contributed by atoms with Gasteiger partial charge in [-0.1, -0.05) is 30.3 Å². The molecule has 1 unspecified atom stereocenters. The zero-order valence-corrected chi connectivity index (χ0v) is 11.2. The molecule has 1 heterocycles. The Labute approximate surface area is 116 Å². The molecule has 1 N–H and O–H groups in total. The molecule has 1 fully saturated rings. The summed E-state index contributed by atoms with van der Waals surface area (Å²) in [5.41, 5.74) is 0.726. The van der Waals surface area contributed by atoms with E-state index in [2.05, 4.69) is 5.32 Å². The maximum atomic E-state index is 12.2. The molecule has 3 amide bonds. The molecule has 1 aromatic rings. The van der Waals surface area contributed by atoms with E-state index in [-0.39, 0.29) is 25.5 Å². The van der Waals surface area contributed by atoms with E-state index in [1.54, 1.807) is 31.2 Å². The van der Waals surface area contributed by atoms with Crippen LogP contribution in [0.2, 0.25) is 0 Å². The van der Waals surface area contributed by atoms with Gasteiger partial charge >= 0.3 is 12.0 Å². The Hall–Kier alpha value is -2.37. The number of carbonyl (C=O) groups is 3. The standard InChI is InChI=1S/C14H16N2O4/c1-2-20-11(17)8-9-16-13(18)12(15-14(16)19)10-6-4-3-5-7-10/h3-7,12H,2,8-9H2,1H3,(H,15,19). The van der Waals surface area contributed by atoms with Gasteiger partial charge in [0, 0.05) is 6.54 Å². The molecule has 1 aliphatic heterocycles. The third-order valence-electron chi connectivity index (χ3n) is 3.00. The van der Waals surface area contributed by atoms with Crippen LogP contribution in [0.15, 0.2) is 30.3 Å². The molecule has 6 nitrogen and oxygen atoms in total. The van der Waals surface area contributed by atoms with Crippen LogP contribution in [0.4, 0.5) is 4.79 Å². The van der Waals surface area contributed by atoms with E-state index in [0.717, 1.165) is 10.5 Å². The Bertz CT molecular complexity index is 515. The number of nitrogens with one attached hydrogen (secondary N) is 1. The summed E-state index contributed by atoms with van der Waals surface area (Å²) in [5.74, 6) is -0.762. The zero-order chi connectivity index (χ0) is 14.5. The monoisotopic (exact) mass is 276 g/mol. The van der Waals surface area contributed by atoms with E-state index in [0.29, 0.717) is 0 Å². The lowest BCUT2D eigenvalue weighted by atomic mass is 10.1. The lowest BCUT2D eigenvalue weighted by Gasteiger charge is -2.12. The largest absolute Gasteiger partial charge is 0.466 e. The molecular weight excluding hydrogens is 260 g/mol. The molecule has 0 aromatic heterocycles. The van der Waals surface area contributed by atoms with Gasteiger partial charge in [-0.05, 0) is 12.5 Å². The highest BCUT2D eigenvalue weighted by Gasteiger charge is 2.38. The fourth-order valence-corrected chi connectivity index (χ4v) is 2.04. The van der Waals surface area contributed by atoms with E-state index in [1.807, 2.05) is 6.07 Å². The second-order valence-corrected chi connectivity index (χ2v) is 4.34. The van der Waals surface area contributed by atoms with Crippen molar-refractivity contribution in [3.63, 3.8) is 0 Å². The van der Waals surface area contributed by atoms with Crippen LogP contribution in [0.25, 0.3) is 0 Å². The first kappa shape index (κ1) is 14.0. The molecule has 0 spiro atoms. The van der Waals surface area contributed by atoms with Gasteiger partial charge in [0.2, 0.25) is 0 Å². The number of benzene rings is 1. The van der Waals surface area contributed by atoms with Crippen molar-refractivity contribution in [2.24, 2.45) is 0 Å². The Morgan fingerprint density at radius 3 is 2.65 bits per heavy atom. The quantitative estimate of drug-likeness (QED) is 0.648. The SMILES string of the molecule is CCOC(=O)CCN1C(=O)NC(c2ccccc2)C1=O. The van der Waals surface area contributed by atoms with Gasteiger partial charge in [0.05, 0.1) is 13.0 Å². The first-order valence-corrected chi connectivity index (χ1v) is 6.46. The average molecular weight is 276 g/mol. The Morgan fingerprint density at radius 1 is 1.30 bits per heavy atom. The van der Waals surface area contributed by atoms with E-state index >= 15 is 0 Å². The predicted molar refractivity (Wildman–Crippen MR) is 70.7 cm³/mol. The molecule has 6 heteroatoms. The molecule has 0 bridgehead atoms. The highest BCUT2D eigenvalue weighted by atomic mass is 16.5. The van der Waals surface area contributed by atoms with Gasteiger partial charge in [-0.3, -0.25) is 14.5 Å². The summed E-state index contributed by atoms with van der Waals surface area (Å²) >= 11 is 0. The minimum absolute atomic E-state index is 0.00844. The van der Waals surface area contributed by atoms with Crippen LogP contribution >= 0.6 is 0 Å². The summed E-state index contributed by atoms with van der Waals surface area (Å²) in [6.45, 7) is 2.02. The number of hydrogen-bond acceptors (Lipinski definition) is 4. The molecule has 0 aliphatic carbocycles. The van der Waals surface area contributed by atoms with Crippen LogP contribution in [0.3, 0.4) is 0 Å². The maximum Gasteiger partial charge on any atom is 0.325 e. The van der Waals surface area contributed by atoms with Crippen molar-refractivity contribution in [2.75, 3.05) is 13.2 Å². The lowest BCUT2D eigenvalue weighted by molar-refractivity contribution is -0.143. The number of nitrogens with zero attached hydrogens (tertiary/aromatic N) is 1. The molecule has 0 saturated carbocycles. The molecule has 106 valence electrons. The highest BCUT2D eigenvalue weighted by molar-refractivity contribution is 6.04. The molecule has 1 aliphatic rings. The normalized spacial score (nSPS) is 18.1. The second-order valence-electron chi connectivity index (χ2n) is 4.34. The Kier molecular flexibility index (Phi) is 4.34. The number of imide groups is 1. The summed E-state index contributed by atoms with van der Waals surface area (Å²) in [6.07, 6.45) is 0.00844. The first-order chi connectivity index (χ1) is 9.63. The van der Waals surface area contributed by atoms with Crippen molar-refractivity contribution >= 4 is 17.9 Å². The molecule has 1 saturated heterocycles. The molecule has 20 heavy (non-hydrogen) atoms. The van der Waals surface area contributed by atoms with Crippen molar-refractivity contribution in [1.29, 1.82) is 0 Å². The van der Waals surface area contributed by atoms with Gasteiger partial charge in [-0.2, -0.15) is 0 Å². The van der Waals surface area contributed by atoms with Crippen LogP contribution in [-0.4, -0.2) is 36.0 Å². The van der Waals surface area contributed by atoms with E-state index in [1.165, 1.54) is 0 Å². The number of carbonyl (C=O) groups excluding carboxylic acids is 3. The van der Waals surface area contributed by atoms with Gasteiger partial charge in [-0.25, -0.2) is 4.79 Å². The van der Waals surface area contributed by atoms with Gasteiger partial charge in [-0.15, -0.1) is 0 Å². The Balaban J connectivity index is 2.01. The van der Waals surface area contributed by atoms with E-state index < -0.39 is 18.0 Å². The van der Waals surface area contributed by atoms with E-state index in [4.69, 9.17) is 4.74 Å². The van der Waals surface area contributed by atoms with Gasteiger partial charge in [0.1, 0.15) is 6.04 Å². The fraction of sp³-hybridized carbons (Fsp3) is 0.357. The van der Waals surface area contributed by atoms with Crippen LogP contribution in [0, 0.1) is 0 Å². The van der Waals surface area contributed by atoms with Crippen molar-refractivity contribution in [1.82, 2.24) is 10.2 Å². The van der Waals surface area contributed by atoms with Gasteiger partial charge in [0.25, 0.3) is 5.91 Å². The fourth-order valence-electron chi connectivity index (χ4n) is 2.04. The van der Waals surface area contributed by atoms with Crippen molar-refractivity contribution in [3.8, 4) is 0 Å². The summed E-state index contributed by atoms with van der Waals surface area (Å²) in [6, 6.07) is 7.84. The van der Waals surface area contributed by atoms with Crippen LogP contribution in [0.1, 0.15) is 24.9 Å². The van der Waals surface area contributed by atoms with Gasteiger partial charge in [0.15, 0.2) is 0 Å². The van der Waals surface area contributed by atoms with Crippen molar-refractivity contribution < 1.29 is 19.1 Å². The number of ether oxygens (including phenoxy) is 1. The van der Waals surface area contributed by atoms with Crippen LogP contribution in [-0.2, 0) is 14.3 Å². The molecule has 1 aromatic carbocycles. The smallest absolute Gasteiger partial charge is 0.325 e. The molecular formula is C14H16N2O4. The minimum Gasteiger partial charge on any atom is -0.466 e. The Morgan fingerprint density at radius 2 is 2.00 bits per heavy atom. The topological polar surface area (TPSA) is 75.7 Å². The number of esters is 1. The highest BCUT2D eigenvalue weighted by Crippen LogP contribution is 2.21.